The molecule has 3 heterocycles. The number of hydrogen-bond acceptors (Lipinski definition) is 4. The van der Waals surface area contributed by atoms with E-state index < -0.39 is 0 Å². The molecule has 0 fully saturated rings. The number of aryl methyl sites for hydroxylation is 1. The fourth-order valence-electron chi connectivity index (χ4n) is 3.78. The average Bonchev–Trinajstić information content (AvgIpc) is 3.28. The van der Waals surface area contributed by atoms with Crippen molar-refractivity contribution in [3.05, 3.63) is 70.7 Å². The van der Waals surface area contributed by atoms with Gasteiger partial charge in [-0.05, 0) is 31.2 Å². The number of rotatable bonds is 3. The number of imidazole rings is 1. The fourth-order valence-corrected chi connectivity index (χ4v) is 4.90. The summed E-state index contributed by atoms with van der Waals surface area (Å²) in [5, 5.41) is 0.806. The van der Waals surface area contributed by atoms with Crippen molar-refractivity contribution in [1.82, 2.24) is 19.4 Å². The molecule has 0 unspecified atom stereocenters. The van der Waals surface area contributed by atoms with Gasteiger partial charge in [-0.2, -0.15) is 0 Å². The molecule has 1 amide bonds. The van der Waals surface area contributed by atoms with Crippen LogP contribution >= 0.6 is 11.3 Å². The Hall–Kier alpha value is -3.06. The molecule has 0 spiro atoms. The van der Waals surface area contributed by atoms with E-state index in [1.165, 1.54) is 12.1 Å². The standard InChI is InChI=1S/C22H19FN4OS/c1-14-24-17-7-2-3-8-19(17)27(14)13-21(28)26-10-9-18-20(12-26)29-22(25-18)15-5-4-6-16(23)11-15/h2-8,11H,9-10,12-13H2,1H3. The Bertz CT molecular complexity index is 1230. The zero-order valence-corrected chi connectivity index (χ0v) is 16.7. The predicted octanol–water partition coefficient (Wildman–Crippen LogP) is 4.19. The highest BCUT2D eigenvalue weighted by atomic mass is 32.1. The van der Waals surface area contributed by atoms with Crippen molar-refractivity contribution in [2.24, 2.45) is 0 Å². The molecule has 0 saturated heterocycles. The second-order valence-electron chi connectivity index (χ2n) is 7.20. The van der Waals surface area contributed by atoms with E-state index in [0.29, 0.717) is 13.1 Å². The number of benzene rings is 2. The van der Waals surface area contributed by atoms with Crippen molar-refractivity contribution in [1.29, 1.82) is 0 Å². The zero-order chi connectivity index (χ0) is 20.0. The monoisotopic (exact) mass is 406 g/mol. The minimum Gasteiger partial charge on any atom is -0.336 e. The van der Waals surface area contributed by atoms with Gasteiger partial charge in [-0.15, -0.1) is 11.3 Å². The maximum atomic E-state index is 13.5. The van der Waals surface area contributed by atoms with Crippen LogP contribution < -0.4 is 0 Å². The number of para-hydroxylation sites is 2. The third kappa shape index (κ3) is 3.31. The lowest BCUT2D eigenvalue weighted by Crippen LogP contribution is -2.37. The van der Waals surface area contributed by atoms with Gasteiger partial charge in [0, 0.05) is 23.4 Å². The number of nitrogens with zero attached hydrogens (tertiary/aromatic N) is 4. The van der Waals surface area contributed by atoms with Crippen LogP contribution in [0.1, 0.15) is 16.4 Å². The molecule has 7 heteroatoms. The van der Waals surface area contributed by atoms with Crippen LogP contribution in [0.5, 0.6) is 0 Å². The number of aromatic nitrogens is 3. The molecule has 0 atom stereocenters. The van der Waals surface area contributed by atoms with Gasteiger partial charge in [0.25, 0.3) is 0 Å². The smallest absolute Gasteiger partial charge is 0.242 e. The van der Waals surface area contributed by atoms with E-state index in [1.54, 1.807) is 17.4 Å². The summed E-state index contributed by atoms with van der Waals surface area (Å²) in [6.07, 6.45) is 0.719. The van der Waals surface area contributed by atoms with Crippen molar-refractivity contribution in [3.63, 3.8) is 0 Å². The number of carbonyl (C=O) groups is 1. The van der Waals surface area contributed by atoms with Crippen LogP contribution in [0.2, 0.25) is 0 Å². The maximum Gasteiger partial charge on any atom is 0.242 e. The minimum absolute atomic E-state index is 0.0719. The Morgan fingerprint density at radius 3 is 2.90 bits per heavy atom. The van der Waals surface area contributed by atoms with Crippen LogP contribution in [-0.2, 0) is 24.3 Å². The molecule has 0 N–H and O–H groups in total. The van der Waals surface area contributed by atoms with E-state index in [1.807, 2.05) is 46.7 Å². The summed E-state index contributed by atoms with van der Waals surface area (Å²) in [5.41, 5.74) is 3.67. The van der Waals surface area contributed by atoms with Gasteiger partial charge in [-0.1, -0.05) is 24.3 Å². The van der Waals surface area contributed by atoms with Gasteiger partial charge in [-0.25, -0.2) is 14.4 Å². The van der Waals surface area contributed by atoms with E-state index in [-0.39, 0.29) is 18.3 Å². The zero-order valence-electron chi connectivity index (χ0n) is 15.9. The number of hydrogen-bond donors (Lipinski definition) is 0. The number of carbonyl (C=O) groups excluding carboxylic acids is 1. The summed E-state index contributed by atoms with van der Waals surface area (Å²) in [5.74, 6) is 0.640. The van der Waals surface area contributed by atoms with Crippen LogP contribution in [0, 0.1) is 12.7 Å². The second-order valence-corrected chi connectivity index (χ2v) is 8.28. The third-order valence-corrected chi connectivity index (χ3v) is 6.43. The summed E-state index contributed by atoms with van der Waals surface area (Å²) in [4.78, 5) is 25.2. The van der Waals surface area contributed by atoms with Crippen LogP contribution in [0.4, 0.5) is 4.39 Å². The first kappa shape index (κ1) is 18.0. The Morgan fingerprint density at radius 1 is 1.17 bits per heavy atom. The highest BCUT2D eigenvalue weighted by Gasteiger charge is 2.25. The minimum atomic E-state index is -0.268. The SMILES string of the molecule is Cc1nc2ccccc2n1CC(=O)N1CCc2nc(-c3cccc(F)c3)sc2C1. The molecule has 29 heavy (non-hydrogen) atoms. The van der Waals surface area contributed by atoms with Crippen molar-refractivity contribution in [3.8, 4) is 10.6 Å². The molecule has 0 bridgehead atoms. The van der Waals surface area contributed by atoms with E-state index in [4.69, 9.17) is 0 Å². The molecular formula is C22H19FN4OS. The summed E-state index contributed by atoms with van der Waals surface area (Å²) >= 11 is 1.54. The van der Waals surface area contributed by atoms with Crippen LogP contribution in [0.3, 0.4) is 0 Å². The van der Waals surface area contributed by atoms with Gasteiger partial charge in [0.2, 0.25) is 5.91 Å². The molecule has 0 radical (unpaired) electrons. The number of halogens is 1. The molecule has 0 saturated carbocycles. The summed E-state index contributed by atoms with van der Waals surface area (Å²) < 4.78 is 15.5. The predicted molar refractivity (Wildman–Crippen MR) is 111 cm³/mol. The average molecular weight is 406 g/mol. The molecule has 2 aromatic carbocycles. The van der Waals surface area contributed by atoms with Gasteiger partial charge < -0.3 is 9.47 Å². The van der Waals surface area contributed by atoms with Gasteiger partial charge in [0.15, 0.2) is 0 Å². The fraction of sp³-hybridized carbons (Fsp3) is 0.227. The molecular weight excluding hydrogens is 387 g/mol. The van der Waals surface area contributed by atoms with Gasteiger partial charge in [0.05, 0.1) is 23.3 Å². The Balaban J connectivity index is 1.36. The topological polar surface area (TPSA) is 51.0 Å². The lowest BCUT2D eigenvalue weighted by molar-refractivity contribution is -0.132. The number of thiazole rings is 1. The van der Waals surface area contributed by atoms with Gasteiger partial charge in [-0.3, -0.25) is 4.79 Å². The lowest BCUT2D eigenvalue weighted by atomic mass is 10.1. The van der Waals surface area contributed by atoms with Crippen molar-refractivity contribution in [2.75, 3.05) is 6.54 Å². The van der Waals surface area contributed by atoms with E-state index >= 15 is 0 Å². The van der Waals surface area contributed by atoms with Crippen molar-refractivity contribution < 1.29 is 9.18 Å². The second kappa shape index (κ2) is 7.08. The normalized spacial score (nSPS) is 13.7. The lowest BCUT2D eigenvalue weighted by Gasteiger charge is -2.26. The van der Waals surface area contributed by atoms with Crippen molar-refractivity contribution in [2.45, 2.75) is 26.4 Å². The molecule has 2 aromatic heterocycles. The number of amides is 1. The Morgan fingerprint density at radius 2 is 2.03 bits per heavy atom. The first-order chi connectivity index (χ1) is 14.1. The van der Waals surface area contributed by atoms with E-state index in [0.717, 1.165) is 44.4 Å². The van der Waals surface area contributed by atoms with Crippen LogP contribution in [0.15, 0.2) is 48.5 Å². The quantitative estimate of drug-likeness (QED) is 0.513. The molecule has 1 aliphatic rings. The Kier molecular flexibility index (Phi) is 4.39. The highest BCUT2D eigenvalue weighted by Crippen LogP contribution is 2.32. The van der Waals surface area contributed by atoms with Gasteiger partial charge in [0.1, 0.15) is 23.2 Å². The van der Waals surface area contributed by atoms with Gasteiger partial charge >= 0.3 is 0 Å². The summed E-state index contributed by atoms with van der Waals surface area (Å²) in [7, 11) is 0. The summed E-state index contributed by atoms with van der Waals surface area (Å²) in [6, 6.07) is 14.4. The van der Waals surface area contributed by atoms with Crippen LogP contribution in [-0.4, -0.2) is 31.9 Å². The summed E-state index contributed by atoms with van der Waals surface area (Å²) in [6.45, 7) is 3.39. The molecule has 1 aliphatic heterocycles. The maximum absolute atomic E-state index is 13.5. The van der Waals surface area contributed by atoms with E-state index in [2.05, 4.69) is 9.97 Å². The number of fused-ring (bicyclic) bond motifs is 2. The molecule has 4 aromatic rings. The molecule has 0 aliphatic carbocycles. The highest BCUT2D eigenvalue weighted by molar-refractivity contribution is 7.15. The Labute approximate surface area is 171 Å². The largest absolute Gasteiger partial charge is 0.336 e. The molecule has 5 rings (SSSR count). The van der Waals surface area contributed by atoms with Crippen molar-refractivity contribution >= 4 is 28.3 Å². The third-order valence-electron chi connectivity index (χ3n) is 5.29. The van der Waals surface area contributed by atoms with Crippen LogP contribution in [0.25, 0.3) is 21.6 Å². The molecule has 5 nitrogen and oxygen atoms in total. The molecule has 146 valence electrons. The van der Waals surface area contributed by atoms with E-state index in [9.17, 15) is 9.18 Å². The first-order valence-electron chi connectivity index (χ1n) is 9.52. The first-order valence-corrected chi connectivity index (χ1v) is 10.3.